The molecule has 0 unspecified atom stereocenters. The zero-order valence-electron chi connectivity index (χ0n) is 8.55. The molecule has 1 aliphatic carbocycles. The van der Waals surface area contributed by atoms with E-state index in [4.69, 9.17) is 4.74 Å². The number of nitrogens with two attached hydrogens (primary N) is 1. The van der Waals surface area contributed by atoms with Gasteiger partial charge < -0.3 is 10.5 Å². The molecule has 0 aliphatic heterocycles. The number of hydrogen-bond acceptors (Lipinski definition) is 2. The van der Waals surface area contributed by atoms with Crippen LogP contribution in [0.1, 0.15) is 31.0 Å². The molecule has 2 heteroatoms. The van der Waals surface area contributed by atoms with Gasteiger partial charge in [-0.15, -0.1) is 0 Å². The highest BCUT2D eigenvalue weighted by Gasteiger charge is 2.19. The van der Waals surface area contributed by atoms with Gasteiger partial charge in [0.25, 0.3) is 0 Å². The first-order chi connectivity index (χ1) is 6.35. The van der Waals surface area contributed by atoms with Crippen LogP contribution in [0.25, 0.3) is 0 Å². The Morgan fingerprint density at radius 2 is 1.86 bits per heavy atom. The fraction of sp³-hybridized carbons (Fsp3) is 0.500. The van der Waals surface area contributed by atoms with Crippen molar-refractivity contribution in [2.45, 2.75) is 27.2 Å². The molecule has 1 aromatic carbocycles. The second-order valence-electron chi connectivity index (χ2n) is 2.96. The predicted octanol–water partition coefficient (Wildman–Crippen LogP) is 2.37. The van der Waals surface area contributed by atoms with E-state index in [1.807, 2.05) is 0 Å². The molecule has 0 heterocycles. The number of fused-ring (bicyclic) bond motifs is 1. The van der Waals surface area contributed by atoms with Gasteiger partial charge in [-0.1, -0.05) is 20.4 Å². The van der Waals surface area contributed by atoms with Crippen molar-refractivity contribution in [3.05, 3.63) is 28.8 Å². The summed E-state index contributed by atoms with van der Waals surface area (Å²) in [5.41, 5.74) is 8.80. The van der Waals surface area contributed by atoms with Crippen LogP contribution in [-0.4, -0.2) is 14.2 Å². The quantitative estimate of drug-likeness (QED) is 0.798. The molecule has 14 heavy (non-hydrogen) atoms. The lowest BCUT2D eigenvalue weighted by atomic mass is 10.1. The molecule has 0 bridgehead atoms. The lowest BCUT2D eigenvalue weighted by molar-refractivity contribution is 0.410. The zero-order chi connectivity index (χ0) is 9.84. The van der Waals surface area contributed by atoms with Gasteiger partial charge in [0.2, 0.25) is 0 Å². The first-order valence-corrected chi connectivity index (χ1v) is 4.61. The van der Waals surface area contributed by atoms with Gasteiger partial charge in [-0.3, -0.25) is 0 Å². The van der Waals surface area contributed by atoms with Crippen LogP contribution in [0.15, 0.2) is 12.1 Å². The van der Waals surface area contributed by atoms with E-state index < -0.39 is 0 Å². The van der Waals surface area contributed by atoms with Crippen molar-refractivity contribution in [2.75, 3.05) is 14.2 Å². The second-order valence-corrected chi connectivity index (χ2v) is 2.96. The number of rotatable bonds is 2. The summed E-state index contributed by atoms with van der Waals surface area (Å²) < 4.78 is 5.25. The minimum absolute atomic E-state index is 0. The zero-order valence-corrected chi connectivity index (χ0v) is 8.55. The van der Waals surface area contributed by atoms with Gasteiger partial charge in [0.05, 0.1) is 7.11 Å². The van der Waals surface area contributed by atoms with E-state index in [1.165, 1.54) is 30.2 Å². The smallest absolute Gasteiger partial charge is 0.122 e. The molecule has 2 N–H and O–H groups in total. The SMILES string of the molecule is C.CCc1cc2c(cc1OC)C2.CN. The molecule has 0 saturated heterocycles. The molecule has 2 nitrogen and oxygen atoms in total. The lowest BCUT2D eigenvalue weighted by Gasteiger charge is -2.03. The van der Waals surface area contributed by atoms with Crippen molar-refractivity contribution in [3.63, 3.8) is 0 Å². The number of benzene rings is 1. The lowest BCUT2D eigenvalue weighted by Crippen LogP contribution is -1.88. The van der Waals surface area contributed by atoms with Crippen molar-refractivity contribution in [1.82, 2.24) is 0 Å². The van der Waals surface area contributed by atoms with Crippen molar-refractivity contribution >= 4 is 0 Å². The molecule has 0 aromatic heterocycles. The van der Waals surface area contributed by atoms with Gasteiger partial charge in [-0.05, 0) is 42.6 Å². The summed E-state index contributed by atoms with van der Waals surface area (Å²) >= 11 is 0. The van der Waals surface area contributed by atoms with E-state index in [1.54, 1.807) is 7.11 Å². The van der Waals surface area contributed by atoms with Gasteiger partial charge >= 0.3 is 0 Å². The topological polar surface area (TPSA) is 35.2 Å². The molecule has 0 atom stereocenters. The fourth-order valence-electron chi connectivity index (χ4n) is 1.45. The Morgan fingerprint density at radius 3 is 2.36 bits per heavy atom. The average Bonchev–Trinajstić information content (AvgIpc) is 2.96. The molecule has 2 rings (SSSR count). The van der Waals surface area contributed by atoms with Crippen LogP contribution in [0.3, 0.4) is 0 Å². The number of methoxy groups -OCH3 is 1. The van der Waals surface area contributed by atoms with Crippen molar-refractivity contribution < 1.29 is 4.74 Å². The maximum Gasteiger partial charge on any atom is 0.122 e. The molecule has 0 radical (unpaired) electrons. The van der Waals surface area contributed by atoms with Gasteiger partial charge in [-0.2, -0.15) is 0 Å². The van der Waals surface area contributed by atoms with Gasteiger partial charge in [0.1, 0.15) is 5.75 Å². The fourth-order valence-corrected chi connectivity index (χ4v) is 1.45. The largest absolute Gasteiger partial charge is 0.496 e. The van der Waals surface area contributed by atoms with E-state index in [9.17, 15) is 0 Å². The van der Waals surface area contributed by atoms with Gasteiger partial charge in [0, 0.05) is 0 Å². The normalized spacial score (nSPS) is 10.3. The van der Waals surface area contributed by atoms with E-state index in [2.05, 4.69) is 24.8 Å². The van der Waals surface area contributed by atoms with E-state index in [0.29, 0.717) is 0 Å². The minimum atomic E-state index is 0. The van der Waals surface area contributed by atoms with E-state index in [0.717, 1.165) is 12.2 Å². The van der Waals surface area contributed by atoms with Crippen molar-refractivity contribution in [2.24, 2.45) is 5.73 Å². The number of hydrogen-bond donors (Lipinski definition) is 1. The minimum Gasteiger partial charge on any atom is -0.496 e. The highest BCUT2D eigenvalue weighted by Crippen LogP contribution is 2.34. The summed E-state index contributed by atoms with van der Waals surface area (Å²) in [4.78, 5) is 0. The molecule has 1 aliphatic rings. The van der Waals surface area contributed by atoms with Crippen LogP contribution in [0, 0.1) is 0 Å². The van der Waals surface area contributed by atoms with E-state index >= 15 is 0 Å². The van der Waals surface area contributed by atoms with Gasteiger partial charge in [-0.25, -0.2) is 0 Å². The Morgan fingerprint density at radius 1 is 1.29 bits per heavy atom. The van der Waals surface area contributed by atoms with Crippen LogP contribution in [-0.2, 0) is 12.8 Å². The average molecular weight is 195 g/mol. The molecule has 0 spiro atoms. The van der Waals surface area contributed by atoms with Crippen LogP contribution < -0.4 is 10.5 Å². The highest BCUT2D eigenvalue weighted by molar-refractivity contribution is 5.53. The Hall–Kier alpha value is -1.02. The summed E-state index contributed by atoms with van der Waals surface area (Å²) in [6, 6.07) is 4.42. The first-order valence-electron chi connectivity index (χ1n) is 4.61. The molecule has 80 valence electrons. The molecular weight excluding hydrogens is 174 g/mol. The summed E-state index contributed by atoms with van der Waals surface area (Å²) in [5.74, 6) is 1.06. The Balaban J connectivity index is 0.000000531. The molecule has 1 aromatic rings. The number of ether oxygens (including phenoxy) is 1. The third kappa shape index (κ3) is 2.48. The second kappa shape index (κ2) is 5.66. The first kappa shape index (κ1) is 13.0. The van der Waals surface area contributed by atoms with Crippen LogP contribution in [0.2, 0.25) is 0 Å². The maximum atomic E-state index is 5.25. The molecular formula is C12H21NO. The Labute approximate surface area is 87.1 Å². The Bertz CT molecular complexity index is 266. The third-order valence-corrected chi connectivity index (χ3v) is 2.24. The summed E-state index contributed by atoms with van der Waals surface area (Å²) in [6.45, 7) is 2.16. The monoisotopic (exact) mass is 195 g/mol. The Kier molecular flexibility index (Phi) is 5.24. The summed E-state index contributed by atoms with van der Waals surface area (Å²) in [7, 11) is 3.24. The third-order valence-electron chi connectivity index (χ3n) is 2.24. The standard InChI is InChI=1S/C10H12O.CH5N.CH4/c1-3-7-4-8-5-9(8)6-10(7)11-2;1-2;/h4,6H,3,5H2,1-2H3;2H2,1H3;1H4. The molecule has 0 amide bonds. The van der Waals surface area contributed by atoms with Gasteiger partial charge in [0.15, 0.2) is 0 Å². The summed E-state index contributed by atoms with van der Waals surface area (Å²) in [6.07, 6.45) is 2.24. The highest BCUT2D eigenvalue weighted by atomic mass is 16.5. The maximum absolute atomic E-state index is 5.25. The van der Waals surface area contributed by atoms with Crippen LogP contribution in [0.5, 0.6) is 5.75 Å². The summed E-state index contributed by atoms with van der Waals surface area (Å²) in [5, 5.41) is 0. The molecule has 0 fully saturated rings. The van der Waals surface area contributed by atoms with Crippen molar-refractivity contribution in [1.29, 1.82) is 0 Å². The van der Waals surface area contributed by atoms with Crippen LogP contribution >= 0.6 is 0 Å². The van der Waals surface area contributed by atoms with E-state index in [-0.39, 0.29) is 7.43 Å². The predicted molar refractivity (Wildman–Crippen MR) is 62.0 cm³/mol. The van der Waals surface area contributed by atoms with Crippen LogP contribution in [0.4, 0.5) is 0 Å². The molecule has 0 saturated carbocycles. The number of aryl methyl sites for hydroxylation is 1. The van der Waals surface area contributed by atoms with Crippen molar-refractivity contribution in [3.8, 4) is 5.75 Å².